The topological polar surface area (TPSA) is 26.0 Å². The van der Waals surface area contributed by atoms with Gasteiger partial charge in [0.15, 0.2) is 0 Å². The fraction of sp³-hybridized carbons (Fsp3) is 0.429. The van der Waals surface area contributed by atoms with Crippen LogP contribution in [-0.2, 0) is 12.8 Å². The first-order chi connectivity index (χ1) is 7.58. The summed E-state index contributed by atoms with van der Waals surface area (Å²) >= 11 is 1.60. The number of thioether (sulfide) groups is 1. The second-order valence-corrected chi connectivity index (χ2v) is 5.90. The van der Waals surface area contributed by atoms with E-state index in [-0.39, 0.29) is 0 Å². The Bertz CT molecular complexity index is 421. The van der Waals surface area contributed by atoms with Crippen LogP contribution in [0.15, 0.2) is 28.6 Å². The highest BCUT2D eigenvalue weighted by molar-refractivity contribution is 8.03. The van der Waals surface area contributed by atoms with Crippen LogP contribution >= 0.6 is 11.8 Å². The monoisotopic (exact) mass is 233 g/mol. The van der Waals surface area contributed by atoms with Gasteiger partial charge in [0.2, 0.25) is 0 Å². The summed E-state index contributed by atoms with van der Waals surface area (Å²) in [5.74, 6) is 0.549. The summed E-state index contributed by atoms with van der Waals surface area (Å²) in [7, 11) is 0. The van der Waals surface area contributed by atoms with Crippen LogP contribution in [0, 0.1) is 0 Å². The summed E-state index contributed by atoms with van der Waals surface area (Å²) in [6, 6.07) is 4.69. The molecule has 0 radical (unpaired) electrons. The van der Waals surface area contributed by atoms with Crippen molar-refractivity contribution in [2.24, 2.45) is 5.73 Å². The lowest BCUT2D eigenvalue weighted by Crippen LogP contribution is -1.97. The van der Waals surface area contributed by atoms with Gasteiger partial charge in [0.1, 0.15) is 0 Å². The van der Waals surface area contributed by atoms with E-state index in [2.05, 4.69) is 32.6 Å². The summed E-state index contributed by atoms with van der Waals surface area (Å²) in [4.78, 5) is 1.29. The molecule has 1 aliphatic rings. The first-order valence-electron chi connectivity index (χ1n) is 5.86. The molecule has 0 saturated heterocycles. The van der Waals surface area contributed by atoms with E-state index in [4.69, 9.17) is 5.73 Å². The number of fused-ring (bicyclic) bond motifs is 1. The molecule has 0 heterocycles. The van der Waals surface area contributed by atoms with Crippen LogP contribution < -0.4 is 5.73 Å². The van der Waals surface area contributed by atoms with Gasteiger partial charge in [-0.25, -0.2) is 0 Å². The first kappa shape index (κ1) is 11.6. The normalized spacial score (nSPS) is 14.2. The van der Waals surface area contributed by atoms with Crippen molar-refractivity contribution in [3.8, 4) is 0 Å². The van der Waals surface area contributed by atoms with Gasteiger partial charge in [-0.3, -0.25) is 0 Å². The molecule has 1 aromatic carbocycles. The van der Waals surface area contributed by atoms with E-state index in [0.29, 0.717) is 10.9 Å². The molecule has 0 bridgehead atoms. The van der Waals surface area contributed by atoms with Crippen molar-refractivity contribution in [3.05, 3.63) is 40.4 Å². The van der Waals surface area contributed by atoms with Crippen molar-refractivity contribution in [1.29, 1.82) is 0 Å². The molecule has 1 aromatic rings. The Balaban J connectivity index is 2.44. The largest absolute Gasteiger partial charge is 0.394 e. The molecule has 2 rings (SSSR count). The van der Waals surface area contributed by atoms with E-state index in [1.165, 1.54) is 40.8 Å². The second-order valence-electron chi connectivity index (χ2n) is 4.74. The predicted octanol–water partition coefficient (Wildman–Crippen LogP) is 3.82. The highest BCUT2D eigenvalue weighted by Gasteiger charge is 2.16. The number of aryl methyl sites for hydroxylation is 2. The molecule has 1 aliphatic carbocycles. The molecule has 1 nitrogen and oxygen atoms in total. The zero-order valence-corrected chi connectivity index (χ0v) is 10.9. The van der Waals surface area contributed by atoms with Gasteiger partial charge in [-0.2, -0.15) is 0 Å². The molecule has 0 saturated carbocycles. The third-order valence-electron chi connectivity index (χ3n) is 3.09. The molecular formula is C14H19NS. The van der Waals surface area contributed by atoms with E-state index in [1.54, 1.807) is 11.8 Å². The van der Waals surface area contributed by atoms with Crippen LogP contribution in [0.2, 0.25) is 0 Å². The molecule has 0 fully saturated rings. The van der Waals surface area contributed by atoms with Crippen LogP contribution in [-0.4, -0.2) is 0 Å². The number of rotatable bonds is 3. The lowest BCUT2D eigenvalue weighted by molar-refractivity contribution is 0.838. The first-order valence-corrected chi connectivity index (χ1v) is 6.67. The Labute approximate surface area is 102 Å². The SMILES string of the molecule is C=C(N)Sc1cc2c(cc1C(C)C)CCC2. The van der Waals surface area contributed by atoms with Crippen LogP contribution in [0.4, 0.5) is 0 Å². The standard InChI is InChI=1S/C14H19NS/c1-9(2)13-7-11-5-4-6-12(11)8-14(13)16-10(3)15/h7-9H,3-6,15H2,1-2H3. The second kappa shape index (κ2) is 4.54. The minimum absolute atomic E-state index is 0.549. The van der Waals surface area contributed by atoms with Gasteiger partial charge < -0.3 is 5.73 Å². The summed E-state index contributed by atoms with van der Waals surface area (Å²) in [5.41, 5.74) is 10.2. The van der Waals surface area contributed by atoms with Crippen molar-refractivity contribution < 1.29 is 0 Å². The summed E-state index contributed by atoms with van der Waals surface area (Å²) in [6.07, 6.45) is 3.76. The third kappa shape index (κ3) is 2.27. The molecule has 0 amide bonds. The fourth-order valence-corrected chi connectivity index (χ4v) is 3.20. The number of hydrogen-bond donors (Lipinski definition) is 1. The average Bonchev–Trinajstić information content (AvgIpc) is 2.62. The van der Waals surface area contributed by atoms with Crippen molar-refractivity contribution in [1.82, 2.24) is 0 Å². The molecule has 0 spiro atoms. The maximum Gasteiger partial charge on any atom is 0.0630 e. The number of nitrogens with two attached hydrogens (primary N) is 1. The van der Waals surface area contributed by atoms with Gasteiger partial charge in [-0.15, -0.1) is 0 Å². The molecular weight excluding hydrogens is 214 g/mol. The Morgan fingerprint density at radius 2 is 1.94 bits per heavy atom. The van der Waals surface area contributed by atoms with Gasteiger partial charge >= 0.3 is 0 Å². The van der Waals surface area contributed by atoms with Crippen LogP contribution in [0.25, 0.3) is 0 Å². The van der Waals surface area contributed by atoms with Gasteiger partial charge in [-0.05, 0) is 47.9 Å². The Morgan fingerprint density at radius 3 is 2.50 bits per heavy atom. The fourth-order valence-electron chi connectivity index (χ4n) is 2.30. The Kier molecular flexibility index (Phi) is 3.29. The van der Waals surface area contributed by atoms with E-state index >= 15 is 0 Å². The highest BCUT2D eigenvalue weighted by atomic mass is 32.2. The molecule has 86 valence electrons. The third-order valence-corrected chi connectivity index (χ3v) is 3.92. The van der Waals surface area contributed by atoms with E-state index < -0.39 is 0 Å². The lowest BCUT2D eigenvalue weighted by atomic mass is 9.98. The molecule has 0 aromatic heterocycles. The maximum atomic E-state index is 5.71. The molecule has 0 aliphatic heterocycles. The summed E-state index contributed by atoms with van der Waals surface area (Å²) in [6.45, 7) is 8.26. The zero-order chi connectivity index (χ0) is 11.7. The highest BCUT2D eigenvalue weighted by Crippen LogP contribution is 2.36. The van der Waals surface area contributed by atoms with Crippen molar-refractivity contribution in [2.45, 2.75) is 43.9 Å². The van der Waals surface area contributed by atoms with Gasteiger partial charge in [-0.1, -0.05) is 38.3 Å². The predicted molar refractivity (Wildman–Crippen MR) is 71.7 cm³/mol. The van der Waals surface area contributed by atoms with E-state index in [0.717, 1.165) is 0 Å². The van der Waals surface area contributed by atoms with Gasteiger partial charge in [0.05, 0.1) is 5.03 Å². The van der Waals surface area contributed by atoms with E-state index in [9.17, 15) is 0 Å². The van der Waals surface area contributed by atoms with Crippen LogP contribution in [0.1, 0.15) is 42.9 Å². The van der Waals surface area contributed by atoms with E-state index in [1.807, 2.05) is 0 Å². The molecule has 2 N–H and O–H groups in total. The zero-order valence-electron chi connectivity index (χ0n) is 10.0. The van der Waals surface area contributed by atoms with Crippen LogP contribution in [0.5, 0.6) is 0 Å². The van der Waals surface area contributed by atoms with Crippen molar-refractivity contribution in [3.63, 3.8) is 0 Å². The van der Waals surface area contributed by atoms with Crippen LogP contribution in [0.3, 0.4) is 0 Å². The van der Waals surface area contributed by atoms with Gasteiger partial charge in [0, 0.05) is 4.90 Å². The van der Waals surface area contributed by atoms with Crippen molar-refractivity contribution in [2.75, 3.05) is 0 Å². The molecule has 2 heteroatoms. The average molecular weight is 233 g/mol. The maximum absolute atomic E-state index is 5.71. The number of benzene rings is 1. The minimum Gasteiger partial charge on any atom is -0.394 e. The smallest absolute Gasteiger partial charge is 0.0630 e. The van der Waals surface area contributed by atoms with Gasteiger partial charge in [0.25, 0.3) is 0 Å². The Hall–Kier alpha value is -0.890. The Morgan fingerprint density at radius 1 is 1.31 bits per heavy atom. The number of hydrogen-bond acceptors (Lipinski definition) is 2. The minimum atomic E-state index is 0.549. The quantitative estimate of drug-likeness (QED) is 0.803. The molecule has 0 atom stereocenters. The summed E-state index contributed by atoms with van der Waals surface area (Å²) < 4.78 is 0. The molecule has 0 unspecified atom stereocenters. The summed E-state index contributed by atoms with van der Waals surface area (Å²) in [5, 5.41) is 0.680. The lowest BCUT2D eigenvalue weighted by Gasteiger charge is -2.14. The van der Waals surface area contributed by atoms with Crippen molar-refractivity contribution >= 4 is 11.8 Å². The molecule has 16 heavy (non-hydrogen) atoms.